The van der Waals surface area contributed by atoms with E-state index >= 15 is 0 Å². The van der Waals surface area contributed by atoms with Gasteiger partial charge >= 0.3 is 6.09 Å². The fraction of sp³-hybridized carbons (Fsp3) is 0.400. The van der Waals surface area contributed by atoms with Crippen molar-refractivity contribution < 1.29 is 14.3 Å². The second-order valence-corrected chi connectivity index (χ2v) is 5.34. The van der Waals surface area contributed by atoms with E-state index in [4.69, 9.17) is 4.74 Å². The van der Waals surface area contributed by atoms with E-state index in [-0.39, 0.29) is 5.91 Å². The summed E-state index contributed by atoms with van der Waals surface area (Å²) in [7, 11) is 0. The third-order valence-corrected chi connectivity index (χ3v) is 2.24. The van der Waals surface area contributed by atoms with Crippen molar-refractivity contribution in [2.45, 2.75) is 32.8 Å². The fourth-order valence-electron chi connectivity index (χ4n) is 1.38. The molecule has 1 aromatic rings. The van der Waals surface area contributed by atoms with Gasteiger partial charge in [-0.25, -0.2) is 10.2 Å². The number of amides is 2. The van der Waals surface area contributed by atoms with Gasteiger partial charge in [-0.15, -0.1) is 0 Å². The summed E-state index contributed by atoms with van der Waals surface area (Å²) < 4.78 is 5.08. The molecule has 2 N–H and O–H groups in total. The smallest absolute Gasteiger partial charge is 0.407 e. The predicted octanol–water partition coefficient (Wildman–Crippen LogP) is 2.32. The molecule has 0 atom stereocenters. The quantitative estimate of drug-likeness (QED) is 0.496. The van der Waals surface area contributed by atoms with Crippen LogP contribution in [0.5, 0.6) is 0 Å². The third kappa shape index (κ3) is 7.71. The van der Waals surface area contributed by atoms with Gasteiger partial charge in [0.15, 0.2) is 0 Å². The van der Waals surface area contributed by atoms with Crippen molar-refractivity contribution in [3.05, 3.63) is 35.9 Å². The largest absolute Gasteiger partial charge is 0.444 e. The summed E-state index contributed by atoms with van der Waals surface area (Å²) in [6, 6.07) is 8.80. The topological polar surface area (TPSA) is 79.8 Å². The van der Waals surface area contributed by atoms with Crippen LogP contribution in [-0.2, 0) is 4.74 Å². The van der Waals surface area contributed by atoms with Crippen LogP contribution >= 0.6 is 0 Å². The molecule has 0 heterocycles. The lowest BCUT2D eigenvalue weighted by Gasteiger charge is -2.19. The average molecular weight is 291 g/mol. The van der Waals surface area contributed by atoms with Gasteiger partial charge in [0.25, 0.3) is 5.91 Å². The number of rotatable bonds is 5. The number of hydrogen-bond donors (Lipinski definition) is 2. The normalized spacial score (nSPS) is 11.2. The molecule has 0 aliphatic carbocycles. The number of ether oxygens (including phenoxy) is 1. The number of nitrogens with one attached hydrogen (secondary N) is 2. The molecule has 0 saturated carbocycles. The maximum atomic E-state index is 11.6. The van der Waals surface area contributed by atoms with Gasteiger partial charge in [-0.1, -0.05) is 18.2 Å². The summed E-state index contributed by atoms with van der Waals surface area (Å²) >= 11 is 0. The summed E-state index contributed by atoms with van der Waals surface area (Å²) in [4.78, 5) is 23.0. The van der Waals surface area contributed by atoms with Crippen LogP contribution in [-0.4, -0.2) is 30.4 Å². The van der Waals surface area contributed by atoms with Crippen LogP contribution in [0.15, 0.2) is 35.4 Å². The van der Waals surface area contributed by atoms with Gasteiger partial charge in [-0.2, -0.15) is 5.10 Å². The first-order valence-electron chi connectivity index (χ1n) is 6.72. The van der Waals surface area contributed by atoms with Crippen molar-refractivity contribution in [2.75, 3.05) is 6.54 Å². The number of hydrazone groups is 1. The molecule has 6 nitrogen and oxygen atoms in total. The molecule has 2 amide bonds. The van der Waals surface area contributed by atoms with Crippen LogP contribution in [0.4, 0.5) is 4.79 Å². The fourth-order valence-corrected chi connectivity index (χ4v) is 1.38. The van der Waals surface area contributed by atoms with E-state index in [1.54, 1.807) is 45.0 Å². The van der Waals surface area contributed by atoms with Crippen LogP contribution in [0.25, 0.3) is 0 Å². The Labute approximate surface area is 124 Å². The van der Waals surface area contributed by atoms with Crippen molar-refractivity contribution >= 4 is 18.2 Å². The second-order valence-electron chi connectivity index (χ2n) is 5.34. The van der Waals surface area contributed by atoms with Gasteiger partial charge in [-0.05, 0) is 32.9 Å². The number of hydrogen-bond acceptors (Lipinski definition) is 4. The van der Waals surface area contributed by atoms with Gasteiger partial charge in [0.1, 0.15) is 5.60 Å². The first-order valence-corrected chi connectivity index (χ1v) is 6.72. The number of benzene rings is 1. The molecule has 6 heteroatoms. The van der Waals surface area contributed by atoms with Gasteiger partial charge in [0, 0.05) is 24.7 Å². The Hall–Kier alpha value is -2.37. The minimum atomic E-state index is -0.512. The summed E-state index contributed by atoms with van der Waals surface area (Å²) in [6.45, 7) is 5.78. The minimum Gasteiger partial charge on any atom is -0.444 e. The highest BCUT2D eigenvalue weighted by Crippen LogP contribution is 2.06. The van der Waals surface area contributed by atoms with Gasteiger partial charge in [0.05, 0.1) is 0 Å². The van der Waals surface area contributed by atoms with Crippen molar-refractivity contribution in [3.63, 3.8) is 0 Å². The predicted molar refractivity (Wildman–Crippen MR) is 81.3 cm³/mol. The lowest BCUT2D eigenvalue weighted by Crippen LogP contribution is -2.33. The third-order valence-electron chi connectivity index (χ3n) is 2.24. The molecule has 0 aromatic heterocycles. The van der Waals surface area contributed by atoms with Gasteiger partial charge in [-0.3, -0.25) is 4.79 Å². The Bertz CT molecular complexity index is 493. The maximum absolute atomic E-state index is 11.6. The zero-order valence-corrected chi connectivity index (χ0v) is 12.6. The Morgan fingerprint density at radius 3 is 2.52 bits per heavy atom. The van der Waals surface area contributed by atoms with E-state index < -0.39 is 11.7 Å². The summed E-state index contributed by atoms with van der Waals surface area (Å²) in [5.74, 6) is -0.271. The number of carbonyl (C=O) groups excluding carboxylic acids is 2. The average Bonchev–Trinajstić information content (AvgIpc) is 2.41. The van der Waals surface area contributed by atoms with Gasteiger partial charge in [0.2, 0.25) is 0 Å². The number of nitrogens with zero attached hydrogens (tertiary/aromatic N) is 1. The van der Waals surface area contributed by atoms with E-state index in [0.717, 1.165) is 0 Å². The van der Waals surface area contributed by atoms with Crippen molar-refractivity contribution in [1.82, 2.24) is 10.7 Å². The molecule has 0 saturated heterocycles. The highest BCUT2D eigenvalue weighted by Gasteiger charge is 2.15. The molecule has 0 bridgehead atoms. The molecular weight excluding hydrogens is 270 g/mol. The molecule has 1 rings (SSSR count). The number of alkyl carbamates (subject to hydrolysis) is 1. The van der Waals surface area contributed by atoms with Gasteiger partial charge < -0.3 is 10.1 Å². The van der Waals surface area contributed by atoms with Crippen LogP contribution in [0.1, 0.15) is 37.6 Å². The van der Waals surface area contributed by atoms with Crippen LogP contribution < -0.4 is 10.7 Å². The van der Waals surface area contributed by atoms with E-state index in [0.29, 0.717) is 18.5 Å². The molecule has 0 aliphatic heterocycles. The molecule has 0 radical (unpaired) electrons. The lowest BCUT2D eigenvalue weighted by atomic mass is 10.2. The first-order chi connectivity index (χ1) is 9.88. The Kier molecular flexibility index (Phi) is 6.39. The second kappa shape index (κ2) is 8.04. The van der Waals surface area contributed by atoms with E-state index in [1.165, 1.54) is 6.21 Å². The molecule has 114 valence electrons. The zero-order chi connectivity index (χ0) is 15.7. The Morgan fingerprint density at radius 2 is 1.90 bits per heavy atom. The zero-order valence-electron chi connectivity index (χ0n) is 12.6. The highest BCUT2D eigenvalue weighted by molar-refractivity contribution is 5.94. The standard InChI is InChI=1S/C15H21N3O3/c1-15(2,3)21-14(20)16-10-7-11-17-18-13(19)12-8-5-4-6-9-12/h4-6,8-9,11H,7,10H2,1-3H3,(H,16,20)(H,18,19). The minimum absolute atomic E-state index is 0.271. The van der Waals surface area contributed by atoms with Crippen LogP contribution in [0, 0.1) is 0 Å². The SMILES string of the molecule is CC(C)(C)OC(=O)NCCC=NNC(=O)c1ccccc1. The molecule has 0 fully saturated rings. The lowest BCUT2D eigenvalue weighted by molar-refractivity contribution is 0.0529. The van der Waals surface area contributed by atoms with Crippen molar-refractivity contribution in [2.24, 2.45) is 5.10 Å². The molecule has 0 spiro atoms. The van der Waals surface area contributed by atoms with Crippen LogP contribution in [0.3, 0.4) is 0 Å². The molecule has 0 aliphatic rings. The molecule has 0 unspecified atom stereocenters. The Balaban J connectivity index is 2.19. The van der Waals surface area contributed by atoms with Crippen molar-refractivity contribution in [1.29, 1.82) is 0 Å². The van der Waals surface area contributed by atoms with E-state index in [2.05, 4.69) is 15.8 Å². The molecular formula is C15H21N3O3. The first kappa shape index (κ1) is 16.7. The number of carbonyl (C=O) groups is 2. The summed E-state index contributed by atoms with van der Waals surface area (Å²) in [6.07, 6.45) is 1.55. The Morgan fingerprint density at radius 1 is 1.24 bits per heavy atom. The summed E-state index contributed by atoms with van der Waals surface area (Å²) in [5, 5.41) is 6.40. The van der Waals surface area contributed by atoms with E-state index in [9.17, 15) is 9.59 Å². The monoisotopic (exact) mass is 291 g/mol. The molecule has 1 aromatic carbocycles. The van der Waals surface area contributed by atoms with Crippen molar-refractivity contribution in [3.8, 4) is 0 Å². The maximum Gasteiger partial charge on any atom is 0.407 e. The summed E-state index contributed by atoms with van der Waals surface area (Å²) in [5.41, 5.74) is 2.44. The molecule has 21 heavy (non-hydrogen) atoms. The van der Waals surface area contributed by atoms with E-state index in [1.807, 2.05) is 6.07 Å². The van der Waals surface area contributed by atoms with Crippen LogP contribution in [0.2, 0.25) is 0 Å². The highest BCUT2D eigenvalue weighted by atomic mass is 16.6.